The third-order valence-corrected chi connectivity index (χ3v) is 6.21. The molecule has 0 unspecified atom stereocenters. The Hall–Kier alpha value is -4.18. The molecule has 2 heterocycles. The van der Waals surface area contributed by atoms with E-state index in [4.69, 9.17) is 14.2 Å². The minimum Gasteiger partial charge on any atom is -0.497 e. The molecular formula is C24H21N3O7. The molecule has 5 rings (SSSR count). The average molecular weight is 463 g/mol. The van der Waals surface area contributed by atoms with Crippen LogP contribution in [0.1, 0.15) is 23.6 Å². The van der Waals surface area contributed by atoms with Crippen LogP contribution in [-0.4, -0.2) is 35.7 Å². The number of non-ortho nitro benzene ring substituents is 1. The van der Waals surface area contributed by atoms with Gasteiger partial charge in [-0.15, -0.1) is 0 Å². The van der Waals surface area contributed by atoms with E-state index in [0.717, 1.165) is 21.4 Å². The number of imide groups is 1. The van der Waals surface area contributed by atoms with Crippen LogP contribution in [0.15, 0.2) is 48.5 Å². The first kappa shape index (κ1) is 21.7. The lowest BCUT2D eigenvalue weighted by molar-refractivity contribution is -0.385. The largest absolute Gasteiger partial charge is 0.497 e. The Morgan fingerprint density at radius 3 is 2.68 bits per heavy atom. The number of fused-ring (bicyclic) bond motifs is 2. The van der Waals surface area contributed by atoms with Crippen molar-refractivity contribution in [2.45, 2.75) is 25.6 Å². The normalized spacial score (nSPS) is 19.5. The molecule has 3 aromatic carbocycles. The van der Waals surface area contributed by atoms with Gasteiger partial charge in [0.15, 0.2) is 6.79 Å². The molecule has 0 aliphatic carbocycles. The van der Waals surface area contributed by atoms with E-state index in [1.54, 1.807) is 20.1 Å². The van der Waals surface area contributed by atoms with Crippen molar-refractivity contribution in [3.05, 3.63) is 75.3 Å². The number of nitrogens with one attached hydrogen (secondary N) is 1. The van der Waals surface area contributed by atoms with Gasteiger partial charge in [-0.2, -0.15) is 0 Å². The summed E-state index contributed by atoms with van der Waals surface area (Å²) in [4.78, 5) is 38.3. The predicted molar refractivity (Wildman–Crippen MR) is 120 cm³/mol. The maximum absolute atomic E-state index is 13.5. The highest BCUT2D eigenvalue weighted by Gasteiger charge is 2.49. The number of nitrogens with zero attached hydrogens (tertiary/aromatic N) is 2. The maximum atomic E-state index is 13.5. The van der Waals surface area contributed by atoms with Crippen molar-refractivity contribution in [3.8, 4) is 11.5 Å². The number of hydrogen-bond acceptors (Lipinski definition) is 7. The highest BCUT2D eigenvalue weighted by atomic mass is 16.7. The van der Waals surface area contributed by atoms with Crippen molar-refractivity contribution in [2.24, 2.45) is 0 Å². The average Bonchev–Trinajstić information content (AvgIpc) is 3.06. The smallest absolute Gasteiger partial charge is 0.325 e. The molecule has 1 N–H and O–H groups in total. The molecule has 0 spiro atoms. The molecule has 0 aromatic heterocycles. The topological polar surface area (TPSA) is 120 Å². The Bertz CT molecular complexity index is 1360. The van der Waals surface area contributed by atoms with E-state index in [9.17, 15) is 19.7 Å². The highest BCUT2D eigenvalue weighted by molar-refractivity contribution is 6.07. The maximum Gasteiger partial charge on any atom is 0.325 e. The third kappa shape index (κ3) is 3.48. The quantitative estimate of drug-likeness (QED) is 0.349. The standard InChI is InChI=1S/C24H21N3O7/c1-24(18-5-3-15-10-20(32-2)6-4-14(15)7-18)22(28)26(23(29)25-24)11-16-8-19(27(30)31)9-17-12-33-13-34-21(16)17/h3-10H,11-13H2,1-2H3,(H,25,29)/t24-/m0/s1. The Morgan fingerprint density at radius 1 is 1.15 bits per heavy atom. The highest BCUT2D eigenvalue weighted by Crippen LogP contribution is 2.37. The summed E-state index contributed by atoms with van der Waals surface area (Å²) in [7, 11) is 1.59. The summed E-state index contributed by atoms with van der Waals surface area (Å²) in [5, 5.41) is 16.0. The molecule has 2 aliphatic rings. The van der Waals surface area contributed by atoms with E-state index >= 15 is 0 Å². The van der Waals surface area contributed by atoms with Gasteiger partial charge in [0.05, 0.1) is 25.2 Å². The Morgan fingerprint density at radius 2 is 1.91 bits per heavy atom. The summed E-state index contributed by atoms with van der Waals surface area (Å²) in [6.45, 7) is 1.60. The van der Waals surface area contributed by atoms with Crippen molar-refractivity contribution < 1.29 is 28.7 Å². The van der Waals surface area contributed by atoms with E-state index in [1.807, 2.05) is 30.3 Å². The van der Waals surface area contributed by atoms with Crippen LogP contribution in [-0.2, 0) is 28.2 Å². The van der Waals surface area contributed by atoms with E-state index in [-0.39, 0.29) is 25.6 Å². The summed E-state index contributed by atoms with van der Waals surface area (Å²) < 4.78 is 16.0. The molecule has 34 heavy (non-hydrogen) atoms. The van der Waals surface area contributed by atoms with Crippen molar-refractivity contribution in [1.82, 2.24) is 10.2 Å². The van der Waals surface area contributed by atoms with E-state index in [0.29, 0.717) is 22.4 Å². The first-order chi connectivity index (χ1) is 16.3. The fourth-order valence-corrected chi connectivity index (χ4v) is 4.37. The summed E-state index contributed by atoms with van der Waals surface area (Å²) in [5.74, 6) is 0.652. The lowest BCUT2D eigenvalue weighted by Gasteiger charge is -2.24. The zero-order chi connectivity index (χ0) is 24.0. The van der Waals surface area contributed by atoms with Crippen LogP contribution in [0.2, 0.25) is 0 Å². The number of amides is 3. The summed E-state index contributed by atoms with van der Waals surface area (Å²) in [6, 6.07) is 13.2. The molecular weight excluding hydrogens is 442 g/mol. The van der Waals surface area contributed by atoms with Crippen LogP contribution >= 0.6 is 0 Å². The molecule has 174 valence electrons. The van der Waals surface area contributed by atoms with Gasteiger partial charge >= 0.3 is 6.03 Å². The number of rotatable bonds is 5. The number of hydrogen-bond donors (Lipinski definition) is 1. The summed E-state index contributed by atoms with van der Waals surface area (Å²) >= 11 is 0. The predicted octanol–water partition coefficient (Wildman–Crippen LogP) is 3.59. The zero-order valence-electron chi connectivity index (χ0n) is 18.5. The Labute approximate surface area is 194 Å². The first-order valence-electron chi connectivity index (χ1n) is 10.5. The fraction of sp³-hybridized carbons (Fsp3) is 0.250. The van der Waals surface area contributed by atoms with Gasteiger partial charge in [-0.05, 0) is 41.5 Å². The molecule has 1 saturated heterocycles. The minimum atomic E-state index is -1.30. The SMILES string of the molecule is COc1ccc2cc([C@]3(C)NC(=O)N(Cc4cc([N+](=O)[O-])cc5c4OCOC5)C3=O)ccc2c1. The molecule has 10 heteroatoms. The number of ether oxygens (including phenoxy) is 3. The lowest BCUT2D eigenvalue weighted by Crippen LogP contribution is -2.40. The van der Waals surface area contributed by atoms with Gasteiger partial charge in [0, 0.05) is 23.3 Å². The molecule has 2 aliphatic heterocycles. The van der Waals surface area contributed by atoms with Gasteiger partial charge in [-0.3, -0.25) is 19.8 Å². The van der Waals surface area contributed by atoms with Crippen LogP contribution in [0.4, 0.5) is 10.5 Å². The van der Waals surface area contributed by atoms with Gasteiger partial charge in [-0.25, -0.2) is 4.79 Å². The number of nitro groups is 1. The second-order valence-corrected chi connectivity index (χ2v) is 8.34. The first-order valence-corrected chi connectivity index (χ1v) is 10.5. The molecule has 10 nitrogen and oxygen atoms in total. The summed E-state index contributed by atoms with van der Waals surface area (Å²) in [6.07, 6.45) is 0. The second kappa shape index (κ2) is 7.99. The number of benzene rings is 3. The Balaban J connectivity index is 1.49. The van der Waals surface area contributed by atoms with Gasteiger partial charge in [0.2, 0.25) is 0 Å². The van der Waals surface area contributed by atoms with Crippen molar-refractivity contribution in [3.63, 3.8) is 0 Å². The van der Waals surface area contributed by atoms with Crippen LogP contribution in [0.5, 0.6) is 11.5 Å². The van der Waals surface area contributed by atoms with E-state index in [2.05, 4.69) is 5.32 Å². The van der Waals surface area contributed by atoms with Crippen LogP contribution < -0.4 is 14.8 Å². The van der Waals surface area contributed by atoms with Crippen molar-refractivity contribution >= 4 is 28.4 Å². The monoisotopic (exact) mass is 463 g/mol. The molecule has 1 atom stereocenters. The van der Waals surface area contributed by atoms with Crippen LogP contribution in [0.3, 0.4) is 0 Å². The molecule has 3 aromatic rings. The fourth-order valence-electron chi connectivity index (χ4n) is 4.37. The zero-order valence-corrected chi connectivity index (χ0v) is 18.5. The lowest BCUT2D eigenvalue weighted by atomic mass is 9.90. The van der Waals surface area contributed by atoms with Gasteiger partial charge in [-0.1, -0.05) is 18.2 Å². The molecule has 3 amide bonds. The molecule has 0 saturated carbocycles. The number of nitro benzene ring substituents is 1. The number of carbonyl (C=O) groups excluding carboxylic acids is 2. The Kier molecular flexibility index (Phi) is 5.09. The van der Waals surface area contributed by atoms with Crippen LogP contribution in [0, 0.1) is 10.1 Å². The van der Waals surface area contributed by atoms with Crippen molar-refractivity contribution in [1.29, 1.82) is 0 Å². The number of methoxy groups -OCH3 is 1. The number of urea groups is 1. The molecule has 0 radical (unpaired) electrons. The van der Waals surface area contributed by atoms with Gasteiger partial charge in [0.1, 0.15) is 17.0 Å². The van der Waals surface area contributed by atoms with E-state index in [1.165, 1.54) is 12.1 Å². The van der Waals surface area contributed by atoms with Crippen molar-refractivity contribution in [2.75, 3.05) is 13.9 Å². The summed E-state index contributed by atoms with van der Waals surface area (Å²) in [5.41, 5.74) is 0.0242. The van der Waals surface area contributed by atoms with Crippen LogP contribution in [0.25, 0.3) is 10.8 Å². The van der Waals surface area contributed by atoms with Gasteiger partial charge in [0.25, 0.3) is 11.6 Å². The van der Waals surface area contributed by atoms with Gasteiger partial charge < -0.3 is 19.5 Å². The third-order valence-electron chi connectivity index (χ3n) is 6.21. The minimum absolute atomic E-state index is 0.0163. The molecule has 1 fully saturated rings. The number of carbonyl (C=O) groups is 2. The van der Waals surface area contributed by atoms with E-state index < -0.39 is 22.4 Å². The molecule has 0 bridgehead atoms. The second-order valence-electron chi connectivity index (χ2n) is 8.34.